The Kier molecular flexibility index (Phi) is 7.68. The lowest BCUT2D eigenvalue weighted by Crippen LogP contribution is -2.13. The summed E-state index contributed by atoms with van der Waals surface area (Å²) < 4.78 is 82.1. The van der Waals surface area contributed by atoms with Gasteiger partial charge in [0.25, 0.3) is 0 Å². The van der Waals surface area contributed by atoms with Crippen LogP contribution in [-0.4, -0.2) is 18.3 Å². The van der Waals surface area contributed by atoms with Crippen LogP contribution in [0.15, 0.2) is 40.0 Å². The Morgan fingerprint density at radius 2 is 1.84 bits per heavy atom. The van der Waals surface area contributed by atoms with Crippen LogP contribution >= 0.6 is 15.9 Å². The van der Waals surface area contributed by atoms with Crippen molar-refractivity contribution in [1.82, 2.24) is 0 Å². The van der Waals surface area contributed by atoms with Gasteiger partial charge in [0.15, 0.2) is 6.10 Å². The molecule has 4 nitrogen and oxygen atoms in total. The van der Waals surface area contributed by atoms with Crippen LogP contribution in [0.2, 0.25) is 0 Å². The zero-order chi connectivity index (χ0) is 23.5. The molecule has 2 aromatic rings. The van der Waals surface area contributed by atoms with Gasteiger partial charge in [-0.25, -0.2) is 4.39 Å². The summed E-state index contributed by atoms with van der Waals surface area (Å²) in [5, 5.41) is 3.88. The Hall–Kier alpha value is -2.63. The number of nitrogens with zero attached hydrogens (tertiary/aromatic N) is 1. The van der Waals surface area contributed by atoms with Crippen LogP contribution in [0.1, 0.15) is 45.1 Å². The van der Waals surface area contributed by atoms with Crippen LogP contribution in [0.4, 0.5) is 30.7 Å². The molecule has 12 heteroatoms. The first-order chi connectivity index (χ1) is 14.3. The van der Waals surface area contributed by atoms with Crippen molar-refractivity contribution in [2.45, 2.75) is 32.3 Å². The molecular weight excluding hydrogens is 501 g/mol. The SMILES string of the molecule is Cc1cc(C2=NOC(c3cc(C(F)(F)F)cc(Br)c3F)C2)ccc1C(N)=O.FC(F)F. The summed E-state index contributed by atoms with van der Waals surface area (Å²) in [6, 6.07) is 6.22. The van der Waals surface area contributed by atoms with Gasteiger partial charge >= 0.3 is 12.9 Å². The van der Waals surface area contributed by atoms with E-state index in [4.69, 9.17) is 10.6 Å². The molecule has 0 bridgehead atoms. The van der Waals surface area contributed by atoms with Gasteiger partial charge in [-0.3, -0.25) is 4.79 Å². The first-order valence-electron chi connectivity index (χ1n) is 8.43. The zero-order valence-electron chi connectivity index (χ0n) is 15.6. The van der Waals surface area contributed by atoms with Gasteiger partial charge < -0.3 is 10.6 Å². The van der Waals surface area contributed by atoms with E-state index in [1.165, 1.54) is 6.07 Å². The average molecular weight is 515 g/mol. The molecule has 2 aromatic carbocycles. The zero-order valence-corrected chi connectivity index (χ0v) is 17.2. The third-order valence-corrected chi connectivity index (χ3v) is 4.80. The Morgan fingerprint density at radius 1 is 1.23 bits per heavy atom. The van der Waals surface area contributed by atoms with E-state index in [1.807, 2.05) is 0 Å². The Labute approximate surface area is 180 Å². The first-order valence-corrected chi connectivity index (χ1v) is 9.22. The maximum absolute atomic E-state index is 14.4. The van der Waals surface area contributed by atoms with Gasteiger partial charge in [-0.15, -0.1) is 0 Å². The quantitative estimate of drug-likeness (QED) is 0.506. The largest absolute Gasteiger partial charge is 0.416 e. The van der Waals surface area contributed by atoms with Crippen molar-refractivity contribution < 1.29 is 40.4 Å². The highest BCUT2D eigenvalue weighted by Gasteiger charge is 2.35. The molecule has 3 rings (SSSR count). The fourth-order valence-corrected chi connectivity index (χ4v) is 3.32. The molecule has 1 atom stereocenters. The van der Waals surface area contributed by atoms with E-state index in [2.05, 4.69) is 21.1 Å². The van der Waals surface area contributed by atoms with Crippen molar-refractivity contribution in [3.05, 3.63) is 68.4 Å². The van der Waals surface area contributed by atoms with Gasteiger partial charge in [0, 0.05) is 17.5 Å². The maximum atomic E-state index is 14.4. The standard InChI is InChI=1S/C18H13BrF4N2O2.CHF3/c1-8-4-9(2-3-11(8)17(24)26)14-7-15(27-25-14)12-5-10(18(21,22)23)6-13(19)16(12)20;2-1(3)4/h2-6,15H,7H2,1H3,(H2,24,26);1H. The number of carbonyl (C=O) groups excluding carboxylic acids is 1. The van der Waals surface area contributed by atoms with Gasteiger partial charge in [0.2, 0.25) is 5.91 Å². The Balaban J connectivity index is 0.000000785. The molecule has 31 heavy (non-hydrogen) atoms. The molecule has 0 spiro atoms. The third kappa shape index (κ3) is 6.18. The van der Waals surface area contributed by atoms with Gasteiger partial charge in [0.05, 0.1) is 15.7 Å². The predicted octanol–water partition coefficient (Wildman–Crippen LogP) is 6.06. The van der Waals surface area contributed by atoms with Crippen molar-refractivity contribution in [2.75, 3.05) is 0 Å². The summed E-state index contributed by atoms with van der Waals surface area (Å²) in [5.41, 5.74) is 6.08. The van der Waals surface area contributed by atoms with Crippen LogP contribution < -0.4 is 5.73 Å². The molecule has 0 fully saturated rings. The predicted molar refractivity (Wildman–Crippen MR) is 101 cm³/mol. The molecular formula is C19H14BrF7N2O2. The molecule has 1 unspecified atom stereocenters. The average Bonchev–Trinajstić information content (AvgIpc) is 3.12. The van der Waals surface area contributed by atoms with Crippen LogP contribution in [0, 0.1) is 12.7 Å². The van der Waals surface area contributed by atoms with E-state index in [1.54, 1.807) is 19.1 Å². The molecule has 0 aliphatic carbocycles. The molecule has 2 N–H and O–H groups in total. The van der Waals surface area contributed by atoms with Crippen molar-refractivity contribution in [2.24, 2.45) is 10.9 Å². The highest BCUT2D eigenvalue weighted by molar-refractivity contribution is 9.10. The normalized spacial score (nSPS) is 15.8. The summed E-state index contributed by atoms with van der Waals surface area (Å²) in [7, 11) is 0. The molecule has 0 saturated heterocycles. The minimum atomic E-state index is -4.62. The van der Waals surface area contributed by atoms with Crippen LogP contribution in [0.5, 0.6) is 0 Å². The summed E-state index contributed by atoms with van der Waals surface area (Å²) in [4.78, 5) is 16.5. The van der Waals surface area contributed by atoms with E-state index < -0.39 is 36.2 Å². The summed E-state index contributed by atoms with van der Waals surface area (Å²) in [6.45, 7) is -1.97. The molecule has 0 radical (unpaired) electrons. The van der Waals surface area contributed by atoms with Gasteiger partial charge in [0.1, 0.15) is 5.82 Å². The number of aryl methyl sites for hydroxylation is 1. The lowest BCUT2D eigenvalue weighted by atomic mass is 9.96. The van der Waals surface area contributed by atoms with E-state index in [9.17, 15) is 35.5 Å². The number of primary amides is 1. The molecule has 1 aliphatic heterocycles. The maximum Gasteiger partial charge on any atom is 0.416 e. The van der Waals surface area contributed by atoms with Crippen LogP contribution in [0.25, 0.3) is 0 Å². The monoisotopic (exact) mass is 514 g/mol. The number of halogens is 8. The highest BCUT2D eigenvalue weighted by atomic mass is 79.9. The van der Waals surface area contributed by atoms with Gasteiger partial charge in [-0.2, -0.15) is 26.3 Å². The molecule has 0 aromatic heterocycles. The second-order valence-corrected chi connectivity index (χ2v) is 7.19. The number of alkyl halides is 6. The molecule has 1 amide bonds. The third-order valence-electron chi connectivity index (χ3n) is 4.22. The molecule has 1 aliphatic rings. The minimum Gasteiger partial charge on any atom is -0.387 e. The number of nitrogens with two attached hydrogens (primary N) is 1. The Morgan fingerprint density at radius 3 is 2.35 bits per heavy atom. The second-order valence-electron chi connectivity index (χ2n) is 6.34. The lowest BCUT2D eigenvalue weighted by Gasteiger charge is -2.14. The molecule has 168 valence electrons. The molecule has 1 heterocycles. The summed E-state index contributed by atoms with van der Waals surface area (Å²) in [5.74, 6) is -1.40. The number of amides is 1. The van der Waals surface area contributed by atoms with E-state index in [0.717, 1.165) is 6.07 Å². The number of benzene rings is 2. The summed E-state index contributed by atoms with van der Waals surface area (Å²) >= 11 is 2.82. The van der Waals surface area contributed by atoms with Gasteiger partial charge in [-0.1, -0.05) is 11.2 Å². The Bertz CT molecular complexity index is 1010. The first kappa shape index (κ1) is 24.6. The summed E-state index contributed by atoms with van der Waals surface area (Å²) in [6.07, 6.45) is -5.52. The smallest absolute Gasteiger partial charge is 0.387 e. The number of carbonyl (C=O) groups is 1. The highest BCUT2D eigenvalue weighted by Crippen LogP contribution is 2.39. The van der Waals surface area contributed by atoms with E-state index in [0.29, 0.717) is 28.5 Å². The molecule has 0 saturated carbocycles. The van der Waals surface area contributed by atoms with E-state index >= 15 is 0 Å². The number of hydrogen-bond donors (Lipinski definition) is 1. The number of rotatable bonds is 3. The van der Waals surface area contributed by atoms with Gasteiger partial charge in [-0.05, 0) is 58.2 Å². The lowest BCUT2D eigenvalue weighted by molar-refractivity contribution is -0.137. The second kappa shape index (κ2) is 9.67. The fourth-order valence-electron chi connectivity index (χ4n) is 2.84. The number of hydrogen-bond acceptors (Lipinski definition) is 3. The minimum absolute atomic E-state index is 0.0834. The van der Waals surface area contributed by atoms with Crippen LogP contribution in [0.3, 0.4) is 0 Å². The van der Waals surface area contributed by atoms with Crippen molar-refractivity contribution in [3.8, 4) is 0 Å². The topological polar surface area (TPSA) is 64.7 Å². The fraction of sp³-hybridized carbons (Fsp3) is 0.263. The number of oxime groups is 1. The van der Waals surface area contributed by atoms with Crippen molar-refractivity contribution >= 4 is 27.5 Å². The van der Waals surface area contributed by atoms with Crippen molar-refractivity contribution in [1.29, 1.82) is 0 Å². The van der Waals surface area contributed by atoms with Crippen LogP contribution in [-0.2, 0) is 11.0 Å². The van der Waals surface area contributed by atoms with E-state index in [-0.39, 0.29) is 16.5 Å². The van der Waals surface area contributed by atoms with Crippen molar-refractivity contribution in [3.63, 3.8) is 0 Å².